The molecular formula is C17H13ClN2S. The third kappa shape index (κ3) is 2.71. The summed E-state index contributed by atoms with van der Waals surface area (Å²) in [5.41, 5.74) is 8.26. The van der Waals surface area contributed by atoms with Crippen LogP contribution in [0.5, 0.6) is 0 Å². The predicted octanol–water partition coefficient (Wildman–Crippen LogP) is 4.87. The first-order chi connectivity index (χ1) is 10.2. The highest BCUT2D eigenvalue weighted by molar-refractivity contribution is 7.80. The van der Waals surface area contributed by atoms with E-state index in [0.29, 0.717) is 10.6 Å². The SMILES string of the molecule is NC(=S)c1c(Cl)cccc1Nc1cccc2ccccc12. The average Bonchev–Trinajstić information content (AvgIpc) is 2.47. The Balaban J connectivity index is 2.12. The Hall–Kier alpha value is -2.10. The molecule has 0 unspecified atom stereocenters. The van der Waals surface area contributed by atoms with Crippen LogP contribution in [0.4, 0.5) is 11.4 Å². The van der Waals surface area contributed by atoms with Crippen molar-refractivity contribution in [2.24, 2.45) is 5.73 Å². The Morgan fingerprint density at radius 3 is 2.38 bits per heavy atom. The summed E-state index contributed by atoms with van der Waals surface area (Å²) in [7, 11) is 0. The molecule has 0 saturated carbocycles. The van der Waals surface area contributed by atoms with Crippen LogP contribution in [0.3, 0.4) is 0 Å². The second-order valence-corrected chi connectivity index (χ2v) is 5.53. The maximum atomic E-state index is 6.20. The Kier molecular flexibility index (Phi) is 3.78. The van der Waals surface area contributed by atoms with E-state index in [9.17, 15) is 0 Å². The first-order valence-electron chi connectivity index (χ1n) is 6.50. The van der Waals surface area contributed by atoms with E-state index >= 15 is 0 Å². The Morgan fingerprint density at radius 2 is 1.57 bits per heavy atom. The van der Waals surface area contributed by atoms with E-state index in [0.717, 1.165) is 16.8 Å². The van der Waals surface area contributed by atoms with Crippen LogP contribution >= 0.6 is 23.8 Å². The summed E-state index contributed by atoms with van der Waals surface area (Å²) in [5.74, 6) is 0. The van der Waals surface area contributed by atoms with E-state index in [1.54, 1.807) is 6.07 Å². The van der Waals surface area contributed by atoms with Gasteiger partial charge in [0, 0.05) is 11.1 Å². The van der Waals surface area contributed by atoms with Crippen molar-refractivity contribution in [3.63, 3.8) is 0 Å². The molecule has 0 bridgehead atoms. The molecule has 3 aromatic carbocycles. The van der Waals surface area contributed by atoms with Gasteiger partial charge in [0.25, 0.3) is 0 Å². The fourth-order valence-electron chi connectivity index (χ4n) is 2.36. The zero-order valence-electron chi connectivity index (χ0n) is 11.1. The highest BCUT2D eigenvalue weighted by Crippen LogP contribution is 2.30. The molecule has 4 heteroatoms. The number of nitrogens with one attached hydrogen (secondary N) is 1. The first-order valence-corrected chi connectivity index (χ1v) is 7.28. The molecular weight excluding hydrogens is 300 g/mol. The van der Waals surface area contributed by atoms with Crippen molar-refractivity contribution in [2.45, 2.75) is 0 Å². The van der Waals surface area contributed by atoms with Crippen LogP contribution in [-0.4, -0.2) is 4.99 Å². The van der Waals surface area contributed by atoms with E-state index in [1.807, 2.05) is 36.4 Å². The number of anilines is 2. The van der Waals surface area contributed by atoms with Gasteiger partial charge >= 0.3 is 0 Å². The molecule has 0 atom stereocenters. The number of hydrogen-bond donors (Lipinski definition) is 2. The third-order valence-electron chi connectivity index (χ3n) is 3.32. The topological polar surface area (TPSA) is 38.0 Å². The van der Waals surface area contributed by atoms with Gasteiger partial charge in [0.2, 0.25) is 0 Å². The Labute approximate surface area is 133 Å². The maximum absolute atomic E-state index is 6.20. The third-order valence-corrected chi connectivity index (χ3v) is 3.84. The van der Waals surface area contributed by atoms with Crippen molar-refractivity contribution in [1.29, 1.82) is 0 Å². The van der Waals surface area contributed by atoms with Crippen LogP contribution in [0.2, 0.25) is 5.02 Å². The zero-order chi connectivity index (χ0) is 14.8. The van der Waals surface area contributed by atoms with E-state index in [-0.39, 0.29) is 4.99 Å². The van der Waals surface area contributed by atoms with E-state index in [2.05, 4.69) is 23.5 Å². The van der Waals surface area contributed by atoms with Crippen molar-refractivity contribution in [1.82, 2.24) is 0 Å². The van der Waals surface area contributed by atoms with Gasteiger partial charge in [-0.2, -0.15) is 0 Å². The minimum Gasteiger partial charge on any atom is -0.389 e. The lowest BCUT2D eigenvalue weighted by molar-refractivity contribution is 1.54. The first kappa shape index (κ1) is 13.9. The molecule has 0 heterocycles. The Bertz CT molecular complexity index is 825. The van der Waals surface area contributed by atoms with Crippen molar-refractivity contribution >= 4 is 51.0 Å². The molecule has 0 aliphatic rings. The number of nitrogens with two attached hydrogens (primary N) is 1. The summed E-state index contributed by atoms with van der Waals surface area (Å²) in [6.45, 7) is 0. The Morgan fingerprint density at radius 1 is 0.905 bits per heavy atom. The lowest BCUT2D eigenvalue weighted by Gasteiger charge is -2.14. The van der Waals surface area contributed by atoms with Crippen LogP contribution in [0.1, 0.15) is 5.56 Å². The van der Waals surface area contributed by atoms with Gasteiger partial charge in [-0.1, -0.05) is 66.3 Å². The average molecular weight is 313 g/mol. The molecule has 3 aromatic rings. The molecule has 0 aliphatic carbocycles. The molecule has 0 radical (unpaired) electrons. The number of hydrogen-bond acceptors (Lipinski definition) is 2. The number of fused-ring (bicyclic) bond motifs is 1. The normalized spacial score (nSPS) is 10.5. The summed E-state index contributed by atoms with van der Waals surface area (Å²) in [4.78, 5) is 0.281. The van der Waals surface area contributed by atoms with Gasteiger partial charge in [-0.15, -0.1) is 0 Å². The van der Waals surface area contributed by atoms with Crippen molar-refractivity contribution in [3.8, 4) is 0 Å². The van der Waals surface area contributed by atoms with Crippen molar-refractivity contribution < 1.29 is 0 Å². The molecule has 0 aromatic heterocycles. The molecule has 0 amide bonds. The minimum absolute atomic E-state index is 0.281. The fraction of sp³-hybridized carbons (Fsp3) is 0. The second kappa shape index (κ2) is 5.72. The summed E-state index contributed by atoms with van der Waals surface area (Å²) >= 11 is 11.3. The molecule has 104 valence electrons. The predicted molar refractivity (Wildman–Crippen MR) is 94.6 cm³/mol. The van der Waals surface area contributed by atoms with E-state index in [1.165, 1.54) is 5.39 Å². The van der Waals surface area contributed by atoms with Crippen LogP contribution in [0.25, 0.3) is 10.8 Å². The van der Waals surface area contributed by atoms with Gasteiger partial charge in [0.05, 0.1) is 16.3 Å². The van der Waals surface area contributed by atoms with Gasteiger partial charge in [-0.25, -0.2) is 0 Å². The molecule has 3 rings (SSSR count). The highest BCUT2D eigenvalue weighted by Gasteiger charge is 2.10. The van der Waals surface area contributed by atoms with Gasteiger partial charge in [-0.05, 0) is 23.6 Å². The van der Waals surface area contributed by atoms with Crippen molar-refractivity contribution in [2.75, 3.05) is 5.32 Å². The molecule has 0 fully saturated rings. The van der Waals surface area contributed by atoms with E-state index in [4.69, 9.17) is 29.6 Å². The molecule has 0 aliphatic heterocycles. The lowest BCUT2D eigenvalue weighted by atomic mass is 10.1. The number of thiocarbonyl (C=S) groups is 1. The second-order valence-electron chi connectivity index (χ2n) is 4.68. The van der Waals surface area contributed by atoms with Crippen LogP contribution in [0, 0.1) is 0 Å². The molecule has 2 nitrogen and oxygen atoms in total. The van der Waals surface area contributed by atoms with Gasteiger partial charge in [0.1, 0.15) is 4.99 Å². The molecule has 0 spiro atoms. The highest BCUT2D eigenvalue weighted by atomic mass is 35.5. The van der Waals surface area contributed by atoms with E-state index < -0.39 is 0 Å². The maximum Gasteiger partial charge on any atom is 0.107 e. The smallest absolute Gasteiger partial charge is 0.107 e. The van der Waals surface area contributed by atoms with Crippen LogP contribution in [-0.2, 0) is 0 Å². The summed E-state index contributed by atoms with van der Waals surface area (Å²) in [6.07, 6.45) is 0. The van der Waals surface area contributed by atoms with Gasteiger partial charge in [0.15, 0.2) is 0 Å². The lowest BCUT2D eigenvalue weighted by Crippen LogP contribution is -2.12. The largest absolute Gasteiger partial charge is 0.389 e. The molecule has 3 N–H and O–H groups in total. The zero-order valence-corrected chi connectivity index (χ0v) is 12.7. The fourth-order valence-corrected chi connectivity index (χ4v) is 2.91. The monoisotopic (exact) mass is 312 g/mol. The summed E-state index contributed by atoms with van der Waals surface area (Å²) in [5, 5.41) is 6.24. The van der Waals surface area contributed by atoms with Crippen LogP contribution in [0.15, 0.2) is 60.7 Å². The van der Waals surface area contributed by atoms with Crippen LogP contribution < -0.4 is 11.1 Å². The summed E-state index contributed by atoms with van der Waals surface area (Å²) in [6, 6.07) is 19.9. The standard InChI is InChI=1S/C17H13ClN2S/c18-13-8-4-10-15(16(13)17(19)21)20-14-9-3-6-11-5-1-2-7-12(11)14/h1-10,20H,(H2,19,21). The molecule has 0 saturated heterocycles. The van der Waals surface area contributed by atoms with Gasteiger partial charge < -0.3 is 11.1 Å². The minimum atomic E-state index is 0.281. The quantitative estimate of drug-likeness (QED) is 0.677. The number of benzene rings is 3. The summed E-state index contributed by atoms with van der Waals surface area (Å²) < 4.78 is 0. The number of rotatable bonds is 3. The number of halogens is 1. The van der Waals surface area contributed by atoms with Gasteiger partial charge in [-0.3, -0.25) is 0 Å². The molecule has 21 heavy (non-hydrogen) atoms. The van der Waals surface area contributed by atoms with Crippen molar-refractivity contribution in [3.05, 3.63) is 71.2 Å².